The lowest BCUT2D eigenvalue weighted by atomic mass is 9.72. The van der Waals surface area contributed by atoms with E-state index in [1.807, 2.05) is 12.1 Å². The lowest BCUT2D eigenvalue weighted by Crippen LogP contribution is -2.19. The van der Waals surface area contributed by atoms with Crippen molar-refractivity contribution in [2.75, 3.05) is 4.90 Å². The third-order valence-electron chi connectivity index (χ3n) is 13.1. The second-order valence-corrected chi connectivity index (χ2v) is 16.6. The van der Waals surface area contributed by atoms with Gasteiger partial charge in [0.05, 0.1) is 0 Å². The predicted octanol–water partition coefficient (Wildman–Crippen LogP) is 16.5. The summed E-state index contributed by atoms with van der Waals surface area (Å²) in [4.78, 5) is 2.41. The number of hydrogen-bond donors (Lipinski definition) is 0. The van der Waals surface area contributed by atoms with Gasteiger partial charge in [0.15, 0.2) is 0 Å². The lowest BCUT2D eigenvalue weighted by molar-refractivity contribution is 0.439. The van der Waals surface area contributed by atoms with Gasteiger partial charge in [0.25, 0.3) is 0 Å². The predicted molar refractivity (Wildman–Crippen MR) is 253 cm³/mol. The molecule has 0 fully saturated rings. The van der Waals surface area contributed by atoms with Gasteiger partial charge in [-0.3, -0.25) is 0 Å². The molecule has 3 nitrogen and oxygen atoms in total. The number of hydrogen-bond acceptors (Lipinski definition) is 3. The van der Waals surface area contributed by atoms with E-state index >= 15 is 0 Å². The third kappa shape index (κ3) is 6.11. The van der Waals surface area contributed by atoms with E-state index in [1.54, 1.807) is 0 Å². The number of anilines is 3. The zero-order valence-corrected chi connectivity index (χ0v) is 33.8. The summed E-state index contributed by atoms with van der Waals surface area (Å²) in [7, 11) is 0. The van der Waals surface area contributed by atoms with Crippen molar-refractivity contribution in [1.82, 2.24) is 0 Å². The molecule has 0 radical (unpaired) electrons. The standard InChI is InChI=1S/C58H43NO2/c1-4-15-38(16-5-1)39-27-31-43(32-28-39)59(44-33-29-42(30-34-44)46-24-14-25-50-48-22-12-13-26-55(48)60-56(46)50)45-35-52(41-19-8-3-9-20-41)58-53(36-45)54-37-51(40-17-6-2-7-18-40)47-21-10-11-23-49(47)57(54)61-58/h1,3-6,8-17,19-36,40,51H,2,7,18,37H2. The van der Waals surface area contributed by atoms with E-state index in [0.29, 0.717) is 11.8 Å². The molecule has 0 spiro atoms. The van der Waals surface area contributed by atoms with Gasteiger partial charge in [-0.05, 0) is 108 Å². The average Bonchev–Trinajstić information content (AvgIpc) is 3.91. The maximum atomic E-state index is 7.13. The fraction of sp³-hybridized carbons (Fsp3) is 0.103. The molecule has 2 atom stereocenters. The Morgan fingerprint density at radius 1 is 0.459 bits per heavy atom. The molecule has 0 saturated heterocycles. The molecule has 2 heterocycles. The summed E-state index contributed by atoms with van der Waals surface area (Å²) in [5, 5.41) is 3.45. The van der Waals surface area contributed by atoms with Gasteiger partial charge in [0.1, 0.15) is 22.5 Å². The Kier molecular flexibility index (Phi) is 8.59. The zero-order chi connectivity index (χ0) is 40.3. The van der Waals surface area contributed by atoms with Crippen LogP contribution in [0.25, 0.3) is 77.6 Å². The molecule has 8 aromatic carbocycles. The fourth-order valence-corrected chi connectivity index (χ4v) is 10.2. The van der Waals surface area contributed by atoms with Crippen LogP contribution in [0.4, 0.5) is 17.1 Å². The van der Waals surface area contributed by atoms with Crippen LogP contribution >= 0.6 is 0 Å². The average molecular weight is 786 g/mol. The summed E-state index contributed by atoms with van der Waals surface area (Å²) < 4.78 is 13.6. The molecule has 3 heteroatoms. The van der Waals surface area contributed by atoms with Crippen LogP contribution in [0.3, 0.4) is 0 Å². The third-order valence-corrected chi connectivity index (χ3v) is 13.1. The molecule has 0 bridgehead atoms. The summed E-state index contributed by atoms with van der Waals surface area (Å²) in [5.41, 5.74) is 16.8. The van der Waals surface area contributed by atoms with Crippen LogP contribution in [0.1, 0.15) is 36.3 Å². The van der Waals surface area contributed by atoms with Crippen LogP contribution in [0, 0.1) is 5.92 Å². The van der Waals surface area contributed by atoms with Gasteiger partial charge in [-0.1, -0.05) is 158 Å². The molecular weight excluding hydrogens is 743 g/mol. The minimum Gasteiger partial charge on any atom is -0.455 e. The van der Waals surface area contributed by atoms with E-state index in [-0.39, 0.29) is 0 Å². The number of fused-ring (bicyclic) bond motifs is 8. The number of nitrogens with zero attached hydrogens (tertiary/aromatic N) is 1. The molecule has 0 N–H and O–H groups in total. The Balaban J connectivity index is 1.05. The maximum absolute atomic E-state index is 7.13. The van der Waals surface area contributed by atoms with Crippen molar-refractivity contribution < 1.29 is 8.83 Å². The van der Waals surface area contributed by atoms with Gasteiger partial charge >= 0.3 is 0 Å². The number of rotatable bonds is 7. The van der Waals surface area contributed by atoms with Crippen LogP contribution in [-0.4, -0.2) is 0 Å². The molecule has 292 valence electrons. The van der Waals surface area contributed by atoms with Gasteiger partial charge in [-0.15, -0.1) is 0 Å². The minimum atomic E-state index is 0.398. The van der Waals surface area contributed by atoms with Crippen molar-refractivity contribution in [3.05, 3.63) is 211 Å². The molecule has 2 aliphatic rings. The second-order valence-electron chi connectivity index (χ2n) is 16.6. The van der Waals surface area contributed by atoms with E-state index in [0.717, 1.165) is 79.0 Å². The number of benzene rings is 8. The topological polar surface area (TPSA) is 29.5 Å². The summed E-state index contributed by atoms with van der Waals surface area (Å²) in [6, 6.07) is 67.7. The van der Waals surface area contributed by atoms with Gasteiger partial charge in [-0.25, -0.2) is 0 Å². The molecule has 10 aromatic rings. The molecule has 61 heavy (non-hydrogen) atoms. The lowest BCUT2D eigenvalue weighted by Gasteiger charge is -2.32. The first-order chi connectivity index (χ1) is 30.2. The summed E-state index contributed by atoms with van der Waals surface area (Å²) in [6.07, 6.45) is 9.46. The SMILES string of the molecule is C1=CC(C2Cc3c(oc4c(-c5ccccc5)cc(N(c5ccc(-c6ccccc6)cc5)c5ccc(-c6cccc7c6oc6ccccc67)cc5)cc34)-c3ccccc32)CCC1. The molecule has 12 rings (SSSR count). The molecule has 0 saturated carbocycles. The van der Waals surface area contributed by atoms with Crippen molar-refractivity contribution >= 4 is 50.0 Å². The summed E-state index contributed by atoms with van der Waals surface area (Å²) in [5.74, 6) is 1.92. The van der Waals surface area contributed by atoms with Crippen molar-refractivity contribution in [2.45, 2.75) is 31.6 Å². The Labute approximate surface area is 355 Å². The number of furan rings is 2. The molecular formula is C58H43NO2. The summed E-state index contributed by atoms with van der Waals surface area (Å²) in [6.45, 7) is 0. The van der Waals surface area contributed by atoms with Crippen LogP contribution in [0.15, 0.2) is 209 Å². The minimum absolute atomic E-state index is 0.398. The van der Waals surface area contributed by atoms with Crippen LogP contribution in [0.2, 0.25) is 0 Å². The largest absolute Gasteiger partial charge is 0.455 e. The zero-order valence-electron chi connectivity index (χ0n) is 33.8. The Morgan fingerprint density at radius 3 is 1.85 bits per heavy atom. The number of para-hydroxylation sites is 2. The van der Waals surface area contributed by atoms with E-state index in [1.165, 1.54) is 52.5 Å². The molecule has 0 amide bonds. The Morgan fingerprint density at radius 2 is 1.08 bits per heavy atom. The van der Waals surface area contributed by atoms with E-state index in [9.17, 15) is 0 Å². The second kappa shape index (κ2) is 14.7. The first kappa shape index (κ1) is 35.6. The quantitative estimate of drug-likeness (QED) is 0.151. The Bertz CT molecular complexity index is 3240. The van der Waals surface area contributed by atoms with Crippen molar-refractivity contribution in [1.29, 1.82) is 0 Å². The summed E-state index contributed by atoms with van der Waals surface area (Å²) >= 11 is 0. The molecule has 2 unspecified atom stereocenters. The maximum Gasteiger partial charge on any atom is 0.143 e. The molecule has 0 aliphatic heterocycles. The highest BCUT2D eigenvalue weighted by Gasteiger charge is 2.34. The highest BCUT2D eigenvalue weighted by molar-refractivity contribution is 6.09. The monoisotopic (exact) mass is 785 g/mol. The molecule has 2 aromatic heterocycles. The first-order valence-electron chi connectivity index (χ1n) is 21.6. The van der Waals surface area contributed by atoms with Crippen LogP contribution in [-0.2, 0) is 6.42 Å². The van der Waals surface area contributed by atoms with Crippen molar-refractivity contribution in [3.8, 4) is 44.7 Å². The first-order valence-corrected chi connectivity index (χ1v) is 21.6. The smallest absolute Gasteiger partial charge is 0.143 e. The van der Waals surface area contributed by atoms with Gasteiger partial charge < -0.3 is 13.7 Å². The van der Waals surface area contributed by atoms with Gasteiger partial charge in [-0.2, -0.15) is 0 Å². The van der Waals surface area contributed by atoms with E-state index in [2.05, 4.69) is 193 Å². The van der Waals surface area contributed by atoms with Crippen LogP contribution < -0.4 is 4.90 Å². The van der Waals surface area contributed by atoms with Crippen molar-refractivity contribution in [2.24, 2.45) is 5.92 Å². The van der Waals surface area contributed by atoms with Crippen LogP contribution in [0.5, 0.6) is 0 Å². The van der Waals surface area contributed by atoms with Gasteiger partial charge in [0.2, 0.25) is 0 Å². The normalized spacial score (nSPS) is 15.9. The molecule has 2 aliphatic carbocycles. The Hall–Kier alpha value is -7.36. The highest BCUT2D eigenvalue weighted by atomic mass is 16.3. The van der Waals surface area contributed by atoms with E-state index in [4.69, 9.17) is 8.83 Å². The van der Waals surface area contributed by atoms with Crippen molar-refractivity contribution in [3.63, 3.8) is 0 Å². The highest BCUT2D eigenvalue weighted by Crippen LogP contribution is 2.51. The van der Waals surface area contributed by atoms with E-state index < -0.39 is 0 Å². The van der Waals surface area contributed by atoms with Gasteiger partial charge in [0, 0.05) is 55.5 Å². The fourth-order valence-electron chi connectivity index (χ4n) is 10.2. The number of allylic oxidation sites excluding steroid dienone is 2.